The zero-order chi connectivity index (χ0) is 22.2. The van der Waals surface area contributed by atoms with E-state index in [1.54, 1.807) is 0 Å². The highest BCUT2D eigenvalue weighted by Gasteiger charge is 2.39. The Labute approximate surface area is 187 Å². The predicted octanol–water partition coefficient (Wildman–Crippen LogP) is 7.92. The van der Waals surface area contributed by atoms with Crippen molar-refractivity contribution >= 4 is 0 Å². The van der Waals surface area contributed by atoms with E-state index in [-0.39, 0.29) is 5.41 Å². The Morgan fingerprint density at radius 2 is 0.677 bits per heavy atom. The fraction of sp³-hybridized carbons (Fsp3) is 0.226. The lowest BCUT2D eigenvalue weighted by Crippen LogP contribution is -2.31. The van der Waals surface area contributed by atoms with Gasteiger partial charge in [-0.25, -0.2) is 0 Å². The van der Waals surface area contributed by atoms with Gasteiger partial charge in [0.15, 0.2) is 0 Å². The van der Waals surface area contributed by atoms with Crippen molar-refractivity contribution in [1.29, 1.82) is 0 Å². The van der Waals surface area contributed by atoms with E-state index in [4.69, 9.17) is 0 Å². The normalized spacial score (nSPS) is 11.5. The highest BCUT2D eigenvalue weighted by atomic mass is 14.4. The molecule has 0 unspecified atom stereocenters. The minimum Gasteiger partial charge on any atom is -0.0622 e. The summed E-state index contributed by atoms with van der Waals surface area (Å²) in [6, 6.07) is 31.6. The maximum absolute atomic E-state index is 2.40. The molecule has 31 heavy (non-hydrogen) atoms. The first-order chi connectivity index (χ1) is 14.9. The predicted molar refractivity (Wildman–Crippen MR) is 133 cm³/mol. The average Bonchev–Trinajstić information content (AvgIpc) is 2.77. The third-order valence-corrected chi connectivity index (χ3v) is 7.13. The van der Waals surface area contributed by atoms with Gasteiger partial charge in [-0.1, -0.05) is 84.9 Å². The van der Waals surface area contributed by atoms with Gasteiger partial charge >= 0.3 is 0 Å². The molecule has 4 aromatic carbocycles. The standard InChI is InChI=1S/C31H32/c1-21-17-29(18-22(2)25(21)5)31(27-13-9-7-10-14-27,28-15-11-8-12-16-28)30-19-23(3)26(6)24(4)20-30/h7-20H,1-6H3. The van der Waals surface area contributed by atoms with Crippen molar-refractivity contribution in [1.82, 2.24) is 0 Å². The van der Waals surface area contributed by atoms with E-state index in [1.807, 2.05) is 0 Å². The molecule has 0 fully saturated rings. The van der Waals surface area contributed by atoms with Crippen LogP contribution in [0.5, 0.6) is 0 Å². The summed E-state index contributed by atoms with van der Waals surface area (Å²) in [5.74, 6) is 0. The second-order valence-electron chi connectivity index (χ2n) is 8.95. The molecule has 0 N–H and O–H groups in total. The van der Waals surface area contributed by atoms with Gasteiger partial charge < -0.3 is 0 Å². The van der Waals surface area contributed by atoms with Gasteiger partial charge in [0, 0.05) is 0 Å². The number of hydrogen-bond donors (Lipinski definition) is 0. The van der Waals surface area contributed by atoms with Crippen LogP contribution in [0.15, 0.2) is 84.9 Å². The molecule has 0 heterocycles. The van der Waals surface area contributed by atoms with E-state index in [9.17, 15) is 0 Å². The van der Waals surface area contributed by atoms with Gasteiger partial charge in [-0.2, -0.15) is 0 Å². The monoisotopic (exact) mass is 404 g/mol. The van der Waals surface area contributed by atoms with Crippen LogP contribution >= 0.6 is 0 Å². The minimum atomic E-state index is -0.380. The molecule has 0 radical (unpaired) electrons. The second-order valence-corrected chi connectivity index (χ2v) is 8.95. The average molecular weight is 405 g/mol. The Kier molecular flexibility index (Phi) is 5.58. The van der Waals surface area contributed by atoms with Crippen molar-refractivity contribution in [3.8, 4) is 0 Å². The molecule has 0 aromatic heterocycles. The Balaban J connectivity index is 2.21. The first-order valence-electron chi connectivity index (χ1n) is 11.1. The maximum Gasteiger partial charge on any atom is 0.0701 e. The van der Waals surface area contributed by atoms with E-state index in [0.717, 1.165) is 0 Å². The summed E-state index contributed by atoms with van der Waals surface area (Å²) >= 11 is 0. The number of benzene rings is 4. The van der Waals surface area contributed by atoms with Crippen LogP contribution in [0.3, 0.4) is 0 Å². The Hall–Kier alpha value is -3.12. The summed E-state index contributed by atoms with van der Waals surface area (Å²) in [5.41, 5.74) is 13.0. The van der Waals surface area contributed by atoms with Crippen LogP contribution in [0.25, 0.3) is 0 Å². The van der Waals surface area contributed by atoms with E-state index in [2.05, 4.69) is 126 Å². The van der Waals surface area contributed by atoms with Gasteiger partial charge in [0.25, 0.3) is 0 Å². The maximum atomic E-state index is 2.40. The topological polar surface area (TPSA) is 0 Å². The van der Waals surface area contributed by atoms with Crippen molar-refractivity contribution < 1.29 is 0 Å². The summed E-state index contributed by atoms with van der Waals surface area (Å²) < 4.78 is 0. The molecule has 0 aliphatic carbocycles. The molecule has 0 heteroatoms. The van der Waals surface area contributed by atoms with Gasteiger partial charge in [0.05, 0.1) is 5.41 Å². The molecule has 4 aromatic rings. The molecular formula is C31H32. The third-order valence-electron chi connectivity index (χ3n) is 7.13. The molecule has 0 aliphatic heterocycles. The van der Waals surface area contributed by atoms with E-state index < -0.39 is 0 Å². The first kappa shape index (κ1) is 21.1. The summed E-state index contributed by atoms with van der Waals surface area (Å²) in [5, 5.41) is 0. The van der Waals surface area contributed by atoms with Gasteiger partial charge in [0.2, 0.25) is 0 Å². The zero-order valence-electron chi connectivity index (χ0n) is 19.6. The molecule has 156 valence electrons. The smallest absolute Gasteiger partial charge is 0.0622 e. The van der Waals surface area contributed by atoms with E-state index in [0.29, 0.717) is 0 Å². The molecule has 0 bridgehead atoms. The highest BCUT2D eigenvalue weighted by Crippen LogP contribution is 2.46. The zero-order valence-corrected chi connectivity index (χ0v) is 19.6. The summed E-state index contributed by atoms with van der Waals surface area (Å²) in [4.78, 5) is 0. The van der Waals surface area contributed by atoms with Crippen LogP contribution in [0.2, 0.25) is 0 Å². The summed E-state index contributed by atoms with van der Waals surface area (Å²) in [6.07, 6.45) is 0. The van der Waals surface area contributed by atoms with Crippen LogP contribution in [0.4, 0.5) is 0 Å². The molecule has 0 aliphatic rings. The van der Waals surface area contributed by atoms with Gasteiger partial charge in [-0.3, -0.25) is 0 Å². The summed E-state index contributed by atoms with van der Waals surface area (Å²) in [6.45, 7) is 13.4. The number of aryl methyl sites for hydroxylation is 4. The number of rotatable bonds is 4. The molecule has 0 saturated carbocycles. The lowest BCUT2D eigenvalue weighted by atomic mass is 9.64. The quantitative estimate of drug-likeness (QED) is 0.303. The molecule has 0 spiro atoms. The summed E-state index contributed by atoms with van der Waals surface area (Å²) in [7, 11) is 0. The van der Waals surface area contributed by atoms with Crippen LogP contribution in [-0.4, -0.2) is 0 Å². The van der Waals surface area contributed by atoms with Crippen molar-refractivity contribution in [2.45, 2.75) is 47.0 Å². The Morgan fingerprint density at radius 3 is 0.968 bits per heavy atom. The fourth-order valence-electron chi connectivity index (χ4n) is 4.88. The fourth-order valence-corrected chi connectivity index (χ4v) is 4.88. The molecular weight excluding hydrogens is 372 g/mol. The second kappa shape index (κ2) is 8.19. The van der Waals surface area contributed by atoms with Gasteiger partial charge in [-0.05, 0) is 97.2 Å². The molecule has 0 atom stereocenters. The van der Waals surface area contributed by atoms with Gasteiger partial charge in [0.1, 0.15) is 0 Å². The lowest BCUT2D eigenvalue weighted by Gasteiger charge is -2.38. The van der Waals surface area contributed by atoms with Crippen LogP contribution in [0.1, 0.15) is 55.6 Å². The SMILES string of the molecule is Cc1cc(C(c2ccccc2)(c2ccccc2)c2cc(C)c(C)c(C)c2)cc(C)c1C. The lowest BCUT2D eigenvalue weighted by molar-refractivity contribution is 0.739. The number of hydrogen-bond acceptors (Lipinski definition) is 0. The third kappa shape index (κ3) is 3.51. The Bertz CT molecular complexity index is 1070. The van der Waals surface area contributed by atoms with Crippen molar-refractivity contribution in [2.24, 2.45) is 0 Å². The largest absolute Gasteiger partial charge is 0.0701 e. The van der Waals surface area contributed by atoms with Crippen LogP contribution < -0.4 is 0 Å². The van der Waals surface area contributed by atoms with Crippen molar-refractivity contribution in [2.75, 3.05) is 0 Å². The van der Waals surface area contributed by atoms with Crippen LogP contribution in [-0.2, 0) is 5.41 Å². The van der Waals surface area contributed by atoms with E-state index in [1.165, 1.54) is 55.6 Å². The van der Waals surface area contributed by atoms with Crippen LogP contribution in [0, 0.1) is 41.5 Å². The minimum absolute atomic E-state index is 0.380. The first-order valence-corrected chi connectivity index (χ1v) is 11.1. The molecule has 0 saturated heterocycles. The van der Waals surface area contributed by atoms with Crippen molar-refractivity contribution in [3.63, 3.8) is 0 Å². The molecule has 4 rings (SSSR count). The Morgan fingerprint density at radius 1 is 0.387 bits per heavy atom. The van der Waals surface area contributed by atoms with Gasteiger partial charge in [-0.15, -0.1) is 0 Å². The molecule has 0 nitrogen and oxygen atoms in total. The molecule has 0 amide bonds. The van der Waals surface area contributed by atoms with Crippen molar-refractivity contribution in [3.05, 3.63) is 141 Å². The van der Waals surface area contributed by atoms with E-state index >= 15 is 0 Å². The highest BCUT2D eigenvalue weighted by molar-refractivity contribution is 5.62.